The molecule has 0 aromatic heterocycles. The summed E-state index contributed by atoms with van der Waals surface area (Å²) in [4.78, 5) is 38.2. The van der Waals surface area contributed by atoms with Crippen molar-refractivity contribution in [1.82, 2.24) is 5.32 Å². The van der Waals surface area contributed by atoms with E-state index in [4.69, 9.17) is 5.11 Å². The van der Waals surface area contributed by atoms with Crippen LogP contribution in [0.1, 0.15) is 53.6 Å². The van der Waals surface area contributed by atoms with Crippen LogP contribution in [0.4, 0.5) is 16.2 Å². The van der Waals surface area contributed by atoms with Crippen LogP contribution in [-0.4, -0.2) is 35.6 Å². The highest BCUT2D eigenvalue weighted by Crippen LogP contribution is 2.22. The molecule has 0 unspecified atom stereocenters. The number of carboxylic acid groups (broad SMARTS) is 1. The van der Waals surface area contributed by atoms with Gasteiger partial charge in [-0.15, -0.1) is 0 Å². The highest BCUT2D eigenvalue weighted by atomic mass is 16.4. The number of carbonyl (C=O) groups is 3. The maximum absolute atomic E-state index is 13.1. The van der Waals surface area contributed by atoms with Gasteiger partial charge in [0.1, 0.15) is 6.54 Å². The largest absolute Gasteiger partial charge is 0.478 e. The molecule has 7 heteroatoms. The van der Waals surface area contributed by atoms with E-state index in [2.05, 4.69) is 10.6 Å². The van der Waals surface area contributed by atoms with E-state index in [-0.39, 0.29) is 30.1 Å². The fourth-order valence-electron chi connectivity index (χ4n) is 3.71. The summed E-state index contributed by atoms with van der Waals surface area (Å²) in [7, 11) is 0. The van der Waals surface area contributed by atoms with Gasteiger partial charge in [-0.3, -0.25) is 9.69 Å². The lowest BCUT2D eigenvalue weighted by Crippen LogP contribution is -2.48. The second kappa shape index (κ2) is 10.1. The SMILES string of the molecule is Cc1ccc(N(CC(=O)Nc2ccc(C(=O)O)cc2)C(=O)NC2CCCCC2)cc1C. The Bertz CT molecular complexity index is 950. The second-order valence-electron chi connectivity index (χ2n) is 8.07. The molecule has 1 fully saturated rings. The number of nitrogens with one attached hydrogen (secondary N) is 2. The first kappa shape index (κ1) is 22.3. The topological polar surface area (TPSA) is 98.7 Å². The summed E-state index contributed by atoms with van der Waals surface area (Å²) in [6.45, 7) is 3.82. The van der Waals surface area contributed by atoms with E-state index in [1.165, 1.54) is 35.6 Å². The third kappa shape index (κ3) is 6.07. The zero-order chi connectivity index (χ0) is 22.4. The number of aryl methyl sites for hydroxylation is 2. The zero-order valence-electron chi connectivity index (χ0n) is 18.0. The van der Waals surface area contributed by atoms with Crippen LogP contribution in [0.2, 0.25) is 0 Å². The lowest BCUT2D eigenvalue weighted by atomic mass is 9.96. The van der Waals surface area contributed by atoms with Crippen LogP contribution in [0, 0.1) is 13.8 Å². The van der Waals surface area contributed by atoms with Gasteiger partial charge in [-0.1, -0.05) is 25.3 Å². The lowest BCUT2D eigenvalue weighted by Gasteiger charge is -2.28. The normalized spacial score (nSPS) is 14.0. The lowest BCUT2D eigenvalue weighted by molar-refractivity contribution is -0.114. The average Bonchev–Trinajstić information content (AvgIpc) is 2.75. The standard InChI is InChI=1S/C24H29N3O4/c1-16-8-13-21(14-17(16)2)27(24(31)26-19-6-4-3-5-7-19)15-22(28)25-20-11-9-18(10-12-20)23(29)30/h8-14,19H,3-7,15H2,1-2H3,(H,25,28)(H,26,31)(H,29,30). The van der Waals surface area contributed by atoms with Gasteiger partial charge < -0.3 is 15.7 Å². The van der Waals surface area contributed by atoms with Crippen LogP contribution in [0.15, 0.2) is 42.5 Å². The second-order valence-corrected chi connectivity index (χ2v) is 8.07. The molecule has 2 aromatic carbocycles. The minimum atomic E-state index is -1.03. The molecule has 164 valence electrons. The summed E-state index contributed by atoms with van der Waals surface area (Å²) in [5, 5.41) is 14.8. The maximum atomic E-state index is 13.1. The monoisotopic (exact) mass is 423 g/mol. The van der Waals surface area contributed by atoms with Crippen LogP contribution >= 0.6 is 0 Å². The first-order chi connectivity index (χ1) is 14.8. The van der Waals surface area contributed by atoms with Crippen LogP contribution in [0.5, 0.6) is 0 Å². The molecule has 1 aliphatic rings. The molecule has 3 amide bonds. The van der Waals surface area contributed by atoms with Gasteiger partial charge in [-0.2, -0.15) is 0 Å². The molecule has 2 aromatic rings. The van der Waals surface area contributed by atoms with Gasteiger partial charge in [-0.05, 0) is 74.2 Å². The smallest absolute Gasteiger partial charge is 0.335 e. The van der Waals surface area contributed by atoms with Gasteiger partial charge in [0, 0.05) is 17.4 Å². The van der Waals surface area contributed by atoms with Crippen molar-refractivity contribution in [3.8, 4) is 0 Å². The van der Waals surface area contributed by atoms with Crippen LogP contribution in [-0.2, 0) is 4.79 Å². The van der Waals surface area contributed by atoms with Crippen molar-refractivity contribution in [3.05, 3.63) is 59.2 Å². The molecule has 0 saturated heterocycles. The molecule has 3 N–H and O–H groups in total. The fraction of sp³-hybridized carbons (Fsp3) is 0.375. The van der Waals surface area contributed by atoms with Crippen LogP contribution < -0.4 is 15.5 Å². The molecular weight excluding hydrogens is 394 g/mol. The number of rotatable bonds is 6. The maximum Gasteiger partial charge on any atom is 0.335 e. The van der Waals surface area contributed by atoms with Crippen molar-refractivity contribution < 1.29 is 19.5 Å². The average molecular weight is 424 g/mol. The molecule has 0 spiro atoms. The molecule has 0 radical (unpaired) electrons. The molecular formula is C24H29N3O4. The Labute approximate surface area is 182 Å². The Kier molecular flexibility index (Phi) is 7.28. The predicted molar refractivity (Wildman–Crippen MR) is 121 cm³/mol. The number of anilines is 2. The van der Waals surface area contributed by atoms with Gasteiger partial charge in [-0.25, -0.2) is 9.59 Å². The molecule has 31 heavy (non-hydrogen) atoms. The number of urea groups is 1. The number of aromatic carboxylic acids is 1. The van der Waals surface area contributed by atoms with Gasteiger partial charge in [0.25, 0.3) is 0 Å². The minimum Gasteiger partial charge on any atom is -0.478 e. The molecule has 3 rings (SSSR count). The summed E-state index contributed by atoms with van der Waals surface area (Å²) < 4.78 is 0. The van der Waals surface area contributed by atoms with E-state index in [9.17, 15) is 14.4 Å². The molecule has 0 atom stereocenters. The third-order valence-electron chi connectivity index (χ3n) is 5.70. The molecule has 7 nitrogen and oxygen atoms in total. The molecule has 0 bridgehead atoms. The fourth-order valence-corrected chi connectivity index (χ4v) is 3.71. The molecule has 0 aliphatic heterocycles. The summed E-state index contributed by atoms with van der Waals surface area (Å²) in [5.74, 6) is -1.39. The first-order valence-electron chi connectivity index (χ1n) is 10.6. The molecule has 0 heterocycles. The van der Waals surface area contributed by atoms with Crippen molar-refractivity contribution >= 4 is 29.3 Å². The number of benzene rings is 2. The van der Waals surface area contributed by atoms with E-state index < -0.39 is 5.97 Å². The van der Waals surface area contributed by atoms with Crippen LogP contribution in [0.3, 0.4) is 0 Å². The van der Waals surface area contributed by atoms with E-state index in [0.29, 0.717) is 11.4 Å². The predicted octanol–water partition coefficient (Wildman–Crippen LogP) is 4.49. The third-order valence-corrected chi connectivity index (χ3v) is 5.70. The summed E-state index contributed by atoms with van der Waals surface area (Å²) in [6, 6.07) is 11.4. The summed E-state index contributed by atoms with van der Waals surface area (Å²) in [5.41, 5.74) is 3.43. The Hall–Kier alpha value is -3.35. The van der Waals surface area contributed by atoms with Crippen molar-refractivity contribution in [3.63, 3.8) is 0 Å². The number of hydrogen-bond donors (Lipinski definition) is 3. The number of nitrogens with zero attached hydrogens (tertiary/aromatic N) is 1. The van der Waals surface area contributed by atoms with E-state index >= 15 is 0 Å². The van der Waals surface area contributed by atoms with Crippen molar-refractivity contribution in [2.45, 2.75) is 52.0 Å². The quantitative estimate of drug-likeness (QED) is 0.637. The highest BCUT2D eigenvalue weighted by Gasteiger charge is 2.23. The molecule has 1 aliphatic carbocycles. The zero-order valence-corrected chi connectivity index (χ0v) is 18.0. The summed E-state index contributed by atoms with van der Waals surface area (Å²) >= 11 is 0. The van der Waals surface area contributed by atoms with E-state index in [1.54, 1.807) is 0 Å². The van der Waals surface area contributed by atoms with Gasteiger partial charge in [0.2, 0.25) is 5.91 Å². The molecule has 1 saturated carbocycles. The Morgan fingerprint density at radius 1 is 0.968 bits per heavy atom. The van der Waals surface area contributed by atoms with Gasteiger partial charge in [0.05, 0.1) is 5.56 Å². The Balaban J connectivity index is 1.74. The van der Waals surface area contributed by atoms with Gasteiger partial charge >= 0.3 is 12.0 Å². The number of carbonyl (C=O) groups excluding carboxylic acids is 2. The van der Waals surface area contributed by atoms with E-state index in [0.717, 1.165) is 36.8 Å². The van der Waals surface area contributed by atoms with Crippen molar-refractivity contribution in [1.29, 1.82) is 0 Å². The van der Waals surface area contributed by atoms with E-state index in [1.807, 2.05) is 32.0 Å². The first-order valence-corrected chi connectivity index (χ1v) is 10.6. The van der Waals surface area contributed by atoms with Crippen molar-refractivity contribution in [2.24, 2.45) is 0 Å². The number of hydrogen-bond acceptors (Lipinski definition) is 3. The Morgan fingerprint density at radius 3 is 2.26 bits per heavy atom. The number of amides is 3. The minimum absolute atomic E-state index is 0.127. The van der Waals surface area contributed by atoms with Crippen LogP contribution in [0.25, 0.3) is 0 Å². The van der Waals surface area contributed by atoms with Crippen molar-refractivity contribution in [2.75, 3.05) is 16.8 Å². The summed E-state index contributed by atoms with van der Waals surface area (Å²) in [6.07, 6.45) is 5.29. The number of carboxylic acids is 1. The van der Waals surface area contributed by atoms with Gasteiger partial charge in [0.15, 0.2) is 0 Å². The Morgan fingerprint density at radius 2 is 1.65 bits per heavy atom. The highest BCUT2D eigenvalue weighted by molar-refractivity contribution is 6.02.